The molecular formula is C18H11N5S2. The fraction of sp³-hybridized carbons (Fsp3) is 0. The van der Waals surface area contributed by atoms with Gasteiger partial charge in [-0.3, -0.25) is 4.57 Å². The van der Waals surface area contributed by atoms with Crippen LogP contribution in [-0.2, 0) is 0 Å². The first kappa shape index (κ1) is 14.4. The normalized spacial score (nSPS) is 11.2. The SMILES string of the molecule is c1ccc(-c2csc3nc(-c4cccs4)nc(-n4cnnc4)c23)cc1. The molecule has 0 aliphatic rings. The van der Waals surface area contributed by atoms with Crippen molar-refractivity contribution in [2.45, 2.75) is 0 Å². The maximum atomic E-state index is 4.83. The molecule has 0 N–H and O–H groups in total. The van der Waals surface area contributed by atoms with Crippen LogP contribution in [0, 0.1) is 0 Å². The summed E-state index contributed by atoms with van der Waals surface area (Å²) in [7, 11) is 0. The smallest absolute Gasteiger partial charge is 0.173 e. The minimum Gasteiger partial charge on any atom is -0.271 e. The minimum atomic E-state index is 0.729. The van der Waals surface area contributed by atoms with Gasteiger partial charge < -0.3 is 0 Å². The van der Waals surface area contributed by atoms with Gasteiger partial charge in [0.2, 0.25) is 0 Å². The molecule has 0 aliphatic heterocycles. The molecule has 0 spiro atoms. The van der Waals surface area contributed by atoms with Crippen LogP contribution in [0.25, 0.3) is 37.9 Å². The second kappa shape index (κ2) is 5.87. The number of fused-ring (bicyclic) bond motifs is 1. The monoisotopic (exact) mass is 361 g/mol. The van der Waals surface area contributed by atoms with E-state index in [1.54, 1.807) is 35.3 Å². The molecule has 5 nitrogen and oxygen atoms in total. The molecule has 0 saturated carbocycles. The van der Waals surface area contributed by atoms with Crippen molar-refractivity contribution in [1.29, 1.82) is 0 Å². The summed E-state index contributed by atoms with van der Waals surface area (Å²) in [4.78, 5) is 11.6. The van der Waals surface area contributed by atoms with E-state index in [4.69, 9.17) is 9.97 Å². The summed E-state index contributed by atoms with van der Waals surface area (Å²) in [5, 5.41) is 13.1. The zero-order valence-electron chi connectivity index (χ0n) is 12.9. The molecular weight excluding hydrogens is 350 g/mol. The van der Waals surface area contributed by atoms with Crippen LogP contribution in [0.2, 0.25) is 0 Å². The van der Waals surface area contributed by atoms with Crippen molar-refractivity contribution in [3.05, 3.63) is 65.9 Å². The van der Waals surface area contributed by atoms with Gasteiger partial charge in [0.15, 0.2) is 11.6 Å². The highest BCUT2D eigenvalue weighted by molar-refractivity contribution is 7.17. The highest BCUT2D eigenvalue weighted by Gasteiger charge is 2.17. The molecule has 0 bridgehead atoms. The third-order valence-corrected chi connectivity index (χ3v) is 5.64. The zero-order chi connectivity index (χ0) is 16.6. The van der Waals surface area contributed by atoms with E-state index in [0.717, 1.165) is 37.9 Å². The molecule has 0 amide bonds. The molecule has 0 atom stereocenters. The van der Waals surface area contributed by atoms with E-state index in [1.807, 2.05) is 40.3 Å². The first-order valence-corrected chi connectivity index (χ1v) is 9.39. The molecule has 5 aromatic rings. The van der Waals surface area contributed by atoms with E-state index >= 15 is 0 Å². The van der Waals surface area contributed by atoms with E-state index in [1.165, 1.54) is 0 Å². The van der Waals surface area contributed by atoms with Gasteiger partial charge in [0.1, 0.15) is 17.5 Å². The lowest BCUT2D eigenvalue weighted by Crippen LogP contribution is -1.99. The summed E-state index contributed by atoms with van der Waals surface area (Å²) in [5.74, 6) is 1.53. The van der Waals surface area contributed by atoms with Crippen molar-refractivity contribution < 1.29 is 0 Å². The Bertz CT molecular complexity index is 1130. The maximum absolute atomic E-state index is 4.83. The van der Waals surface area contributed by atoms with E-state index < -0.39 is 0 Å². The molecule has 0 saturated heterocycles. The summed E-state index contributed by atoms with van der Waals surface area (Å²) < 4.78 is 1.85. The van der Waals surface area contributed by atoms with Gasteiger partial charge in [-0.1, -0.05) is 36.4 Å². The Morgan fingerprint density at radius 3 is 2.44 bits per heavy atom. The van der Waals surface area contributed by atoms with Crippen molar-refractivity contribution in [3.8, 4) is 27.6 Å². The Kier molecular flexibility index (Phi) is 3.39. The van der Waals surface area contributed by atoms with Gasteiger partial charge in [-0.15, -0.1) is 32.9 Å². The largest absolute Gasteiger partial charge is 0.271 e. The Morgan fingerprint density at radius 1 is 0.840 bits per heavy atom. The van der Waals surface area contributed by atoms with Crippen molar-refractivity contribution >= 4 is 32.9 Å². The Hall–Kier alpha value is -2.90. The molecule has 7 heteroatoms. The van der Waals surface area contributed by atoms with Gasteiger partial charge >= 0.3 is 0 Å². The highest BCUT2D eigenvalue weighted by atomic mass is 32.1. The van der Waals surface area contributed by atoms with Gasteiger partial charge in [-0.05, 0) is 17.0 Å². The predicted molar refractivity (Wildman–Crippen MR) is 101 cm³/mol. The van der Waals surface area contributed by atoms with Crippen molar-refractivity contribution in [1.82, 2.24) is 24.7 Å². The number of rotatable bonds is 3. The van der Waals surface area contributed by atoms with Crippen LogP contribution >= 0.6 is 22.7 Å². The fourth-order valence-corrected chi connectivity index (χ4v) is 4.37. The van der Waals surface area contributed by atoms with E-state index in [9.17, 15) is 0 Å². The van der Waals surface area contributed by atoms with Crippen LogP contribution in [0.4, 0.5) is 0 Å². The molecule has 0 radical (unpaired) electrons. The number of hydrogen-bond donors (Lipinski definition) is 0. The molecule has 1 aromatic carbocycles. The quantitative estimate of drug-likeness (QED) is 0.469. The summed E-state index contributed by atoms with van der Waals surface area (Å²) in [5.41, 5.74) is 2.28. The number of benzene rings is 1. The van der Waals surface area contributed by atoms with Crippen LogP contribution in [0.3, 0.4) is 0 Å². The van der Waals surface area contributed by atoms with Gasteiger partial charge in [-0.2, -0.15) is 0 Å². The lowest BCUT2D eigenvalue weighted by Gasteiger charge is -2.07. The van der Waals surface area contributed by atoms with Crippen molar-refractivity contribution in [3.63, 3.8) is 0 Å². The average Bonchev–Trinajstić information content (AvgIpc) is 3.42. The lowest BCUT2D eigenvalue weighted by molar-refractivity contribution is 0.998. The minimum absolute atomic E-state index is 0.729. The lowest BCUT2D eigenvalue weighted by atomic mass is 10.1. The molecule has 5 rings (SSSR count). The molecule has 0 aliphatic carbocycles. The van der Waals surface area contributed by atoms with Crippen LogP contribution in [0.15, 0.2) is 65.9 Å². The number of aromatic nitrogens is 5. The van der Waals surface area contributed by atoms with Crippen LogP contribution < -0.4 is 0 Å². The molecule has 25 heavy (non-hydrogen) atoms. The standard InChI is InChI=1S/C18H11N5S2/c1-2-5-12(6-3-1)13-9-25-18-15(13)17(23-10-19-20-11-23)21-16(22-18)14-7-4-8-24-14/h1-11H. The van der Waals surface area contributed by atoms with E-state index in [-0.39, 0.29) is 0 Å². The highest BCUT2D eigenvalue weighted by Crippen LogP contribution is 2.37. The van der Waals surface area contributed by atoms with Crippen LogP contribution in [0.5, 0.6) is 0 Å². The predicted octanol–water partition coefficient (Wildman–Crippen LogP) is 4.67. The topological polar surface area (TPSA) is 56.5 Å². The molecule has 0 unspecified atom stereocenters. The van der Waals surface area contributed by atoms with Crippen LogP contribution in [-0.4, -0.2) is 24.7 Å². The molecule has 120 valence electrons. The Morgan fingerprint density at radius 2 is 1.68 bits per heavy atom. The maximum Gasteiger partial charge on any atom is 0.173 e. The number of nitrogens with zero attached hydrogens (tertiary/aromatic N) is 5. The van der Waals surface area contributed by atoms with E-state index in [2.05, 4.69) is 27.7 Å². The van der Waals surface area contributed by atoms with Gasteiger partial charge in [0.05, 0.1) is 10.3 Å². The van der Waals surface area contributed by atoms with Gasteiger partial charge in [-0.25, -0.2) is 9.97 Å². The fourth-order valence-electron chi connectivity index (χ4n) is 2.77. The van der Waals surface area contributed by atoms with Gasteiger partial charge in [0.25, 0.3) is 0 Å². The third-order valence-electron chi connectivity index (χ3n) is 3.90. The Balaban J connectivity index is 1.83. The average molecular weight is 361 g/mol. The van der Waals surface area contributed by atoms with Crippen molar-refractivity contribution in [2.24, 2.45) is 0 Å². The third kappa shape index (κ3) is 2.45. The number of hydrogen-bond acceptors (Lipinski definition) is 6. The zero-order valence-corrected chi connectivity index (χ0v) is 14.5. The Labute approximate surface area is 151 Å². The van der Waals surface area contributed by atoms with Crippen LogP contribution in [0.1, 0.15) is 0 Å². The molecule has 4 aromatic heterocycles. The van der Waals surface area contributed by atoms with E-state index in [0.29, 0.717) is 0 Å². The first-order chi connectivity index (χ1) is 12.4. The number of thiophene rings is 2. The molecule has 0 fully saturated rings. The summed E-state index contributed by atoms with van der Waals surface area (Å²) in [6.07, 6.45) is 3.35. The van der Waals surface area contributed by atoms with Gasteiger partial charge in [0, 0.05) is 10.9 Å². The second-order valence-corrected chi connectivity index (χ2v) is 7.22. The summed E-state index contributed by atoms with van der Waals surface area (Å²) in [6.45, 7) is 0. The second-order valence-electron chi connectivity index (χ2n) is 5.41. The summed E-state index contributed by atoms with van der Waals surface area (Å²) >= 11 is 3.26. The summed E-state index contributed by atoms with van der Waals surface area (Å²) in [6, 6.07) is 14.3. The molecule has 4 heterocycles. The first-order valence-electron chi connectivity index (χ1n) is 7.64. The van der Waals surface area contributed by atoms with Crippen molar-refractivity contribution in [2.75, 3.05) is 0 Å².